The summed E-state index contributed by atoms with van der Waals surface area (Å²) < 4.78 is 15.1. The van der Waals surface area contributed by atoms with Crippen molar-refractivity contribution in [3.8, 4) is 17.6 Å². The fraction of sp³-hybridized carbons (Fsp3) is 0.421. The van der Waals surface area contributed by atoms with Gasteiger partial charge in [0.05, 0.1) is 33.4 Å². The Morgan fingerprint density at radius 2 is 1.30 bits per heavy atom. The van der Waals surface area contributed by atoms with Gasteiger partial charge in [-0.1, -0.05) is 48.2 Å². The summed E-state index contributed by atoms with van der Waals surface area (Å²) in [4.78, 5) is 27.4. The number of anilines is 1. The van der Waals surface area contributed by atoms with Crippen molar-refractivity contribution in [2.75, 3.05) is 78.6 Å². The Hall–Kier alpha value is -4.36. The third kappa shape index (κ3) is 15.7. The van der Waals surface area contributed by atoms with Gasteiger partial charge in [0.2, 0.25) is 5.91 Å². The summed E-state index contributed by atoms with van der Waals surface area (Å²) in [5.74, 6) is 7.18. The number of carbonyl (C=O) groups is 2. The molecule has 2 N–H and O–H groups in total. The molecule has 2 heterocycles. The number of amides is 3. The number of urea groups is 1. The number of hydrogen-bond acceptors (Lipinski definition) is 6. The van der Waals surface area contributed by atoms with Crippen LogP contribution in [0.4, 0.5) is 10.5 Å². The summed E-state index contributed by atoms with van der Waals surface area (Å²) >= 11 is 0. The van der Waals surface area contributed by atoms with Gasteiger partial charge < -0.3 is 34.6 Å². The lowest BCUT2D eigenvalue weighted by Crippen LogP contribution is -2.40. The second kappa shape index (κ2) is 23.0. The van der Waals surface area contributed by atoms with Gasteiger partial charge in [0.15, 0.2) is 0 Å². The number of benzene rings is 3. The highest BCUT2D eigenvalue weighted by molar-refractivity contribution is 5.89. The number of ether oxygens (including phenoxy) is 3. The van der Waals surface area contributed by atoms with E-state index in [1.165, 1.54) is 0 Å². The lowest BCUT2D eigenvalue weighted by Gasteiger charge is -2.26. The number of methoxy groups -OCH3 is 2. The third-order valence-corrected chi connectivity index (χ3v) is 7.47. The summed E-state index contributed by atoms with van der Waals surface area (Å²) in [6.07, 6.45) is 4.81. The minimum atomic E-state index is -0.00583. The van der Waals surface area contributed by atoms with Crippen LogP contribution in [0.3, 0.4) is 0 Å². The van der Waals surface area contributed by atoms with Gasteiger partial charge in [-0.25, -0.2) is 4.79 Å². The lowest BCUT2D eigenvalue weighted by molar-refractivity contribution is -0.136. The Morgan fingerprint density at radius 1 is 0.745 bits per heavy atom. The molecule has 0 atom stereocenters. The quantitative estimate of drug-likeness (QED) is 0.349. The van der Waals surface area contributed by atoms with Crippen LogP contribution in [0.1, 0.15) is 43.2 Å². The third-order valence-electron chi connectivity index (χ3n) is 7.47. The first-order chi connectivity index (χ1) is 23.1. The molecule has 2 saturated heterocycles. The number of carbonyl (C=O) groups excluding carboxylic acids is 2. The minimum absolute atomic E-state index is 0.00583. The fourth-order valence-corrected chi connectivity index (χ4v) is 4.77. The molecule has 9 nitrogen and oxygen atoms in total. The van der Waals surface area contributed by atoms with E-state index in [9.17, 15) is 9.59 Å². The average molecular weight is 643 g/mol. The normalized spacial score (nSPS) is 14.9. The molecule has 5 rings (SSSR count). The Kier molecular flexibility index (Phi) is 18.2. The lowest BCUT2D eigenvalue weighted by atomic mass is 10.2. The highest BCUT2D eigenvalue weighted by atomic mass is 16.5. The van der Waals surface area contributed by atoms with Crippen molar-refractivity contribution < 1.29 is 23.8 Å². The van der Waals surface area contributed by atoms with Gasteiger partial charge in [-0.05, 0) is 87.3 Å². The Balaban J connectivity index is 0.000000201. The predicted molar refractivity (Wildman–Crippen MR) is 188 cm³/mol. The van der Waals surface area contributed by atoms with E-state index in [1.807, 2.05) is 94.7 Å². The first-order valence-electron chi connectivity index (χ1n) is 16.5. The molecule has 3 aromatic carbocycles. The Bertz CT molecular complexity index is 1280. The number of morpholine rings is 1. The molecular weight excluding hydrogens is 592 g/mol. The number of rotatable bonds is 5. The summed E-state index contributed by atoms with van der Waals surface area (Å²) in [7, 11) is 3.24. The molecular formula is C38H50N4O5. The zero-order valence-corrected chi connectivity index (χ0v) is 27.9. The van der Waals surface area contributed by atoms with Crippen molar-refractivity contribution in [3.63, 3.8) is 0 Å². The van der Waals surface area contributed by atoms with E-state index < -0.39 is 0 Å². The molecule has 0 aromatic heterocycles. The standard InChI is InChI=1S/C16H25N3O2.C14H10.C8H15NO3/c1-21-15-8-6-14(7-9-15)18-16(20)19-12-4-2-10-17-11-3-5-13-19;1-3-7-13(8-4-1)11-12-14-9-5-2-6-10-14;1-11-5-2-8(10)9-3-6-12-7-4-9/h6-9,17H,2-5,10-13H2,1H3,(H,18,20);1-10H;2-7H2,1H3. The maximum absolute atomic E-state index is 12.4. The van der Waals surface area contributed by atoms with Crippen molar-refractivity contribution in [2.45, 2.75) is 32.1 Å². The molecule has 0 aliphatic carbocycles. The maximum Gasteiger partial charge on any atom is 0.321 e. The van der Waals surface area contributed by atoms with E-state index >= 15 is 0 Å². The second-order valence-electron chi connectivity index (χ2n) is 11.0. The van der Waals surface area contributed by atoms with Gasteiger partial charge >= 0.3 is 6.03 Å². The highest BCUT2D eigenvalue weighted by Crippen LogP contribution is 2.16. The first kappa shape index (κ1) is 37.1. The van der Waals surface area contributed by atoms with Crippen LogP contribution in [0, 0.1) is 11.8 Å². The predicted octanol–water partition coefficient (Wildman–Crippen LogP) is 5.66. The van der Waals surface area contributed by atoms with Crippen molar-refractivity contribution in [1.29, 1.82) is 0 Å². The molecule has 0 radical (unpaired) electrons. The average Bonchev–Trinajstić information content (AvgIpc) is 3.14. The van der Waals surface area contributed by atoms with E-state index in [-0.39, 0.29) is 11.9 Å². The van der Waals surface area contributed by atoms with Gasteiger partial charge in [-0.15, -0.1) is 0 Å². The summed E-state index contributed by atoms with van der Waals surface area (Å²) in [6.45, 7) is 7.04. The van der Waals surface area contributed by atoms with E-state index in [1.54, 1.807) is 14.2 Å². The van der Waals surface area contributed by atoms with Gasteiger partial charge in [0.25, 0.3) is 0 Å². The zero-order chi connectivity index (χ0) is 33.4. The van der Waals surface area contributed by atoms with Crippen LogP contribution in [0.5, 0.6) is 5.75 Å². The van der Waals surface area contributed by atoms with Crippen molar-refractivity contribution in [1.82, 2.24) is 15.1 Å². The molecule has 47 heavy (non-hydrogen) atoms. The second-order valence-corrected chi connectivity index (χ2v) is 11.0. The van der Waals surface area contributed by atoms with Crippen LogP contribution < -0.4 is 15.4 Å². The molecule has 0 saturated carbocycles. The van der Waals surface area contributed by atoms with Crippen LogP contribution >= 0.6 is 0 Å². The minimum Gasteiger partial charge on any atom is -0.497 e. The smallest absolute Gasteiger partial charge is 0.321 e. The molecule has 0 unspecified atom stereocenters. The topological polar surface area (TPSA) is 92.4 Å². The zero-order valence-electron chi connectivity index (χ0n) is 27.9. The molecule has 3 aromatic rings. The van der Waals surface area contributed by atoms with E-state index in [0.29, 0.717) is 26.2 Å². The summed E-state index contributed by atoms with van der Waals surface area (Å²) in [5.41, 5.74) is 2.91. The number of nitrogens with one attached hydrogen (secondary N) is 2. The monoisotopic (exact) mass is 642 g/mol. The molecule has 0 spiro atoms. The van der Waals surface area contributed by atoms with E-state index in [2.05, 4.69) is 22.5 Å². The van der Waals surface area contributed by atoms with Gasteiger partial charge in [0, 0.05) is 50.1 Å². The van der Waals surface area contributed by atoms with Crippen LogP contribution in [0.2, 0.25) is 0 Å². The largest absolute Gasteiger partial charge is 0.497 e. The van der Waals surface area contributed by atoms with E-state index in [0.717, 1.165) is 87.5 Å². The van der Waals surface area contributed by atoms with E-state index in [4.69, 9.17) is 14.2 Å². The Labute approximate surface area is 280 Å². The SMILES string of the molecule is C(#Cc1ccccc1)c1ccccc1.COCCC(=O)N1CCOCC1.COc1ccc(NC(=O)N2CCCCNCCCC2)cc1. The Morgan fingerprint density at radius 3 is 1.81 bits per heavy atom. The molecule has 252 valence electrons. The first-order valence-corrected chi connectivity index (χ1v) is 16.5. The van der Waals surface area contributed by atoms with Crippen LogP contribution in [0.25, 0.3) is 0 Å². The molecule has 2 aliphatic rings. The van der Waals surface area contributed by atoms with Gasteiger partial charge in [0.1, 0.15) is 5.75 Å². The van der Waals surface area contributed by atoms with Crippen LogP contribution in [-0.4, -0.2) is 95.0 Å². The van der Waals surface area contributed by atoms with Gasteiger partial charge in [-0.2, -0.15) is 0 Å². The van der Waals surface area contributed by atoms with Crippen LogP contribution in [-0.2, 0) is 14.3 Å². The fourth-order valence-electron chi connectivity index (χ4n) is 4.77. The van der Waals surface area contributed by atoms with Crippen molar-refractivity contribution in [3.05, 3.63) is 96.1 Å². The van der Waals surface area contributed by atoms with Crippen LogP contribution in [0.15, 0.2) is 84.9 Å². The molecule has 2 fully saturated rings. The summed E-state index contributed by atoms with van der Waals surface area (Å²) in [6, 6.07) is 27.4. The molecule has 0 bridgehead atoms. The molecule has 3 amide bonds. The summed E-state index contributed by atoms with van der Waals surface area (Å²) in [5, 5.41) is 6.38. The molecule has 9 heteroatoms. The highest BCUT2D eigenvalue weighted by Gasteiger charge is 2.16. The number of nitrogens with zero attached hydrogens (tertiary/aromatic N) is 2. The van der Waals surface area contributed by atoms with Crippen molar-refractivity contribution >= 4 is 17.6 Å². The van der Waals surface area contributed by atoms with Crippen molar-refractivity contribution in [2.24, 2.45) is 0 Å². The molecule has 2 aliphatic heterocycles. The van der Waals surface area contributed by atoms with Gasteiger partial charge in [-0.3, -0.25) is 4.79 Å². The maximum atomic E-state index is 12.4. The number of hydrogen-bond donors (Lipinski definition) is 2.